The Kier molecular flexibility index (Phi) is 3.45. The summed E-state index contributed by atoms with van der Waals surface area (Å²) in [4.78, 5) is 15.8. The van der Waals surface area contributed by atoms with E-state index < -0.39 is 0 Å². The fraction of sp³-hybridized carbons (Fsp3) is 0.333. The van der Waals surface area contributed by atoms with Crippen LogP contribution in [0.4, 0.5) is 0 Å². The van der Waals surface area contributed by atoms with Gasteiger partial charge in [0.25, 0.3) is 5.91 Å². The first kappa shape index (κ1) is 11.7. The fourth-order valence-corrected chi connectivity index (χ4v) is 1.88. The molecular weight excluding hydrogens is 240 g/mol. The highest BCUT2D eigenvalue weighted by Crippen LogP contribution is 2.08. The minimum atomic E-state index is -0.232. The highest BCUT2D eigenvalue weighted by atomic mass is 32.1. The zero-order chi connectivity index (χ0) is 12.3. The molecule has 3 N–H and O–H groups in total. The summed E-state index contributed by atoms with van der Waals surface area (Å²) >= 11 is 1.37. The zero-order valence-corrected chi connectivity index (χ0v) is 10.1. The molecule has 0 saturated carbocycles. The van der Waals surface area contributed by atoms with Crippen LogP contribution in [0.5, 0.6) is 0 Å². The number of aromatic nitrogens is 4. The monoisotopic (exact) mass is 252 g/mol. The molecule has 0 aliphatic rings. The molecule has 0 spiro atoms. The van der Waals surface area contributed by atoms with Gasteiger partial charge < -0.3 is 15.6 Å². The van der Waals surface area contributed by atoms with E-state index in [0.29, 0.717) is 24.6 Å². The molecular formula is C9H12N6OS. The van der Waals surface area contributed by atoms with Crippen LogP contribution in [0.1, 0.15) is 21.3 Å². The van der Waals surface area contributed by atoms with Crippen molar-refractivity contribution in [3.8, 4) is 0 Å². The smallest absolute Gasteiger partial charge is 0.271 e. The Bertz CT molecular complexity index is 519. The second-order valence-electron chi connectivity index (χ2n) is 3.37. The molecule has 2 aromatic rings. The highest BCUT2D eigenvalue weighted by Gasteiger charge is 2.10. The van der Waals surface area contributed by atoms with Crippen molar-refractivity contribution in [1.29, 1.82) is 0 Å². The van der Waals surface area contributed by atoms with Crippen LogP contribution in [-0.4, -0.2) is 25.7 Å². The van der Waals surface area contributed by atoms with E-state index in [-0.39, 0.29) is 5.91 Å². The first-order valence-corrected chi connectivity index (χ1v) is 5.84. The van der Waals surface area contributed by atoms with Gasteiger partial charge >= 0.3 is 0 Å². The minimum Gasteiger partial charge on any atom is -0.343 e. The zero-order valence-electron chi connectivity index (χ0n) is 9.25. The first-order valence-electron chi connectivity index (χ1n) is 4.96. The van der Waals surface area contributed by atoms with Gasteiger partial charge in [-0.15, -0.1) is 21.5 Å². The van der Waals surface area contributed by atoms with Crippen molar-refractivity contribution in [3.05, 3.63) is 28.2 Å². The van der Waals surface area contributed by atoms with E-state index in [4.69, 9.17) is 5.73 Å². The summed E-state index contributed by atoms with van der Waals surface area (Å²) in [7, 11) is 1.82. The molecule has 7 nitrogen and oxygen atoms in total. The van der Waals surface area contributed by atoms with Gasteiger partial charge in [0.15, 0.2) is 5.82 Å². The van der Waals surface area contributed by atoms with Crippen molar-refractivity contribution in [3.63, 3.8) is 0 Å². The van der Waals surface area contributed by atoms with Gasteiger partial charge in [0.2, 0.25) is 0 Å². The van der Waals surface area contributed by atoms with Gasteiger partial charge in [-0.05, 0) is 0 Å². The van der Waals surface area contributed by atoms with Crippen LogP contribution in [0.25, 0.3) is 0 Å². The molecule has 0 saturated heterocycles. The molecule has 0 aromatic carbocycles. The Balaban J connectivity index is 1.95. The fourth-order valence-electron chi connectivity index (χ4n) is 1.23. The van der Waals surface area contributed by atoms with Gasteiger partial charge in [-0.3, -0.25) is 4.79 Å². The molecule has 1 amide bonds. The van der Waals surface area contributed by atoms with Crippen LogP contribution in [0, 0.1) is 0 Å². The van der Waals surface area contributed by atoms with Crippen molar-refractivity contribution >= 4 is 17.2 Å². The van der Waals surface area contributed by atoms with E-state index in [1.165, 1.54) is 11.3 Å². The lowest BCUT2D eigenvalue weighted by molar-refractivity contribution is 0.0945. The summed E-state index contributed by atoms with van der Waals surface area (Å²) in [6.07, 6.45) is 1.58. The number of carbonyl (C=O) groups is 1. The minimum absolute atomic E-state index is 0.232. The molecule has 90 valence electrons. The number of rotatable bonds is 4. The molecule has 0 aliphatic heterocycles. The van der Waals surface area contributed by atoms with Crippen LogP contribution in [-0.2, 0) is 20.1 Å². The molecule has 0 fully saturated rings. The SMILES string of the molecule is Cn1cnnc1CNC(=O)c1csc(CN)n1. The Morgan fingerprint density at radius 2 is 2.47 bits per heavy atom. The molecule has 2 rings (SSSR count). The summed E-state index contributed by atoms with van der Waals surface area (Å²) in [6.45, 7) is 0.673. The largest absolute Gasteiger partial charge is 0.343 e. The lowest BCUT2D eigenvalue weighted by Gasteiger charge is -2.01. The summed E-state index contributed by atoms with van der Waals surface area (Å²) < 4.78 is 1.74. The standard InChI is InChI=1S/C9H12N6OS/c1-15-5-12-14-7(15)3-11-9(16)6-4-17-8(2-10)13-6/h4-5H,2-3,10H2,1H3,(H,11,16). The van der Waals surface area contributed by atoms with Crippen LogP contribution in [0.3, 0.4) is 0 Å². The molecule has 0 bridgehead atoms. The van der Waals surface area contributed by atoms with Gasteiger partial charge in [0, 0.05) is 19.0 Å². The number of nitrogens with one attached hydrogen (secondary N) is 1. The molecule has 2 aromatic heterocycles. The maximum Gasteiger partial charge on any atom is 0.271 e. The summed E-state index contributed by atoms with van der Waals surface area (Å²) in [5, 5.41) is 12.7. The highest BCUT2D eigenvalue weighted by molar-refractivity contribution is 7.09. The summed E-state index contributed by atoms with van der Waals surface area (Å²) in [5.74, 6) is 0.455. The number of aryl methyl sites for hydroxylation is 1. The van der Waals surface area contributed by atoms with E-state index in [1.807, 2.05) is 7.05 Å². The number of hydrogen-bond donors (Lipinski definition) is 2. The van der Waals surface area contributed by atoms with Gasteiger partial charge in [-0.2, -0.15) is 0 Å². The molecule has 0 atom stereocenters. The lowest BCUT2D eigenvalue weighted by Crippen LogP contribution is -2.24. The van der Waals surface area contributed by atoms with Gasteiger partial charge in [-0.25, -0.2) is 4.98 Å². The molecule has 2 heterocycles. The van der Waals surface area contributed by atoms with Crippen molar-refractivity contribution in [2.75, 3.05) is 0 Å². The Hall–Kier alpha value is -1.80. The number of hydrogen-bond acceptors (Lipinski definition) is 6. The van der Waals surface area contributed by atoms with Crippen molar-refractivity contribution in [2.45, 2.75) is 13.1 Å². The third-order valence-electron chi connectivity index (χ3n) is 2.17. The number of carbonyl (C=O) groups excluding carboxylic acids is 1. The summed E-state index contributed by atoms with van der Waals surface area (Å²) in [5.41, 5.74) is 5.82. The molecule has 0 aliphatic carbocycles. The molecule has 0 radical (unpaired) electrons. The van der Waals surface area contributed by atoms with E-state index in [1.54, 1.807) is 16.3 Å². The van der Waals surface area contributed by atoms with Crippen LogP contribution in [0.15, 0.2) is 11.7 Å². The van der Waals surface area contributed by atoms with E-state index in [9.17, 15) is 4.79 Å². The Morgan fingerprint density at radius 1 is 1.65 bits per heavy atom. The predicted molar refractivity (Wildman–Crippen MR) is 62.2 cm³/mol. The maximum atomic E-state index is 11.7. The van der Waals surface area contributed by atoms with Crippen LogP contribution < -0.4 is 11.1 Å². The second kappa shape index (κ2) is 5.02. The quantitative estimate of drug-likeness (QED) is 0.775. The van der Waals surface area contributed by atoms with Crippen LogP contribution >= 0.6 is 11.3 Å². The number of nitrogens with zero attached hydrogens (tertiary/aromatic N) is 4. The molecule has 0 unspecified atom stereocenters. The molecule has 17 heavy (non-hydrogen) atoms. The Labute approximate surface area is 102 Å². The third kappa shape index (κ3) is 2.66. The lowest BCUT2D eigenvalue weighted by atomic mass is 10.4. The van der Waals surface area contributed by atoms with Gasteiger partial charge in [0.1, 0.15) is 17.0 Å². The van der Waals surface area contributed by atoms with Crippen molar-refractivity contribution in [1.82, 2.24) is 25.1 Å². The van der Waals surface area contributed by atoms with E-state index in [2.05, 4.69) is 20.5 Å². The maximum absolute atomic E-state index is 11.7. The average molecular weight is 252 g/mol. The first-order chi connectivity index (χ1) is 8.20. The normalized spacial score (nSPS) is 10.5. The van der Waals surface area contributed by atoms with E-state index >= 15 is 0 Å². The topological polar surface area (TPSA) is 98.7 Å². The summed E-state index contributed by atoms with van der Waals surface area (Å²) in [6, 6.07) is 0. The predicted octanol–water partition coefficient (Wildman–Crippen LogP) is -0.340. The number of nitrogens with two attached hydrogens (primary N) is 1. The van der Waals surface area contributed by atoms with Crippen molar-refractivity contribution in [2.24, 2.45) is 12.8 Å². The van der Waals surface area contributed by atoms with Crippen LogP contribution in [0.2, 0.25) is 0 Å². The van der Waals surface area contributed by atoms with Crippen molar-refractivity contribution < 1.29 is 4.79 Å². The van der Waals surface area contributed by atoms with E-state index in [0.717, 1.165) is 5.01 Å². The number of amides is 1. The second-order valence-corrected chi connectivity index (χ2v) is 4.31. The third-order valence-corrected chi connectivity index (χ3v) is 3.04. The number of thiazole rings is 1. The average Bonchev–Trinajstić information content (AvgIpc) is 2.94. The Morgan fingerprint density at radius 3 is 3.06 bits per heavy atom. The van der Waals surface area contributed by atoms with Gasteiger partial charge in [0.05, 0.1) is 6.54 Å². The van der Waals surface area contributed by atoms with Gasteiger partial charge in [-0.1, -0.05) is 0 Å². The molecule has 8 heteroatoms.